The van der Waals surface area contributed by atoms with Crippen molar-refractivity contribution in [2.75, 3.05) is 30.4 Å². The van der Waals surface area contributed by atoms with E-state index >= 15 is 0 Å². The van der Waals surface area contributed by atoms with Crippen LogP contribution in [0.25, 0.3) is 0 Å². The summed E-state index contributed by atoms with van der Waals surface area (Å²) in [7, 11) is 0. The van der Waals surface area contributed by atoms with Gasteiger partial charge in [0.25, 0.3) is 0 Å². The van der Waals surface area contributed by atoms with Gasteiger partial charge in [-0.1, -0.05) is 0 Å². The molecular weight excluding hydrogens is 232 g/mol. The summed E-state index contributed by atoms with van der Waals surface area (Å²) in [4.78, 5) is 10.8. The van der Waals surface area contributed by atoms with Gasteiger partial charge in [0.15, 0.2) is 0 Å². The number of hydrogen-bond donors (Lipinski definition) is 2. The minimum Gasteiger partial charge on any atom is -0.394 e. The van der Waals surface area contributed by atoms with Gasteiger partial charge in [-0.25, -0.2) is 9.97 Å². The van der Waals surface area contributed by atoms with Crippen molar-refractivity contribution < 1.29 is 9.84 Å². The van der Waals surface area contributed by atoms with Gasteiger partial charge in [-0.15, -0.1) is 0 Å². The maximum Gasteiger partial charge on any atom is 0.137 e. The first-order chi connectivity index (χ1) is 8.52. The average Bonchev–Trinajstić information content (AvgIpc) is 2.34. The highest BCUT2D eigenvalue weighted by molar-refractivity contribution is 5.57. The van der Waals surface area contributed by atoms with Crippen LogP contribution >= 0.6 is 0 Å². The molecule has 1 aliphatic rings. The summed E-state index contributed by atoms with van der Waals surface area (Å²) in [6, 6.07) is 0.209. The summed E-state index contributed by atoms with van der Waals surface area (Å²) in [6.07, 6.45) is -0.169. The summed E-state index contributed by atoms with van der Waals surface area (Å²) >= 11 is 0. The fourth-order valence-corrected chi connectivity index (χ4v) is 2.14. The third kappa shape index (κ3) is 2.39. The highest BCUT2D eigenvalue weighted by Gasteiger charge is 2.28. The van der Waals surface area contributed by atoms with Crippen molar-refractivity contribution in [3.8, 4) is 0 Å². The molecule has 2 unspecified atom stereocenters. The van der Waals surface area contributed by atoms with E-state index in [0.717, 1.165) is 11.4 Å². The van der Waals surface area contributed by atoms with E-state index in [4.69, 9.17) is 10.5 Å². The van der Waals surface area contributed by atoms with Crippen LogP contribution in [0, 0.1) is 13.8 Å². The van der Waals surface area contributed by atoms with Crippen LogP contribution in [0.5, 0.6) is 0 Å². The van der Waals surface area contributed by atoms with Crippen LogP contribution in [0.15, 0.2) is 0 Å². The number of nitrogen functional groups attached to an aromatic ring is 1. The van der Waals surface area contributed by atoms with Crippen molar-refractivity contribution in [3.63, 3.8) is 0 Å². The summed E-state index contributed by atoms with van der Waals surface area (Å²) in [5.74, 6) is 2.01. The number of aromatic nitrogens is 2. The fourth-order valence-electron chi connectivity index (χ4n) is 2.14. The van der Waals surface area contributed by atoms with E-state index in [0.29, 0.717) is 24.8 Å². The molecule has 2 heterocycles. The van der Waals surface area contributed by atoms with Crippen LogP contribution in [0.4, 0.5) is 11.6 Å². The van der Waals surface area contributed by atoms with E-state index in [2.05, 4.69) is 21.8 Å². The van der Waals surface area contributed by atoms with Crippen molar-refractivity contribution in [1.82, 2.24) is 9.97 Å². The fraction of sp³-hybridized carbons (Fsp3) is 0.667. The maximum absolute atomic E-state index is 9.21. The van der Waals surface area contributed by atoms with E-state index < -0.39 is 0 Å². The Balaban J connectivity index is 2.34. The molecule has 1 aromatic heterocycles. The first kappa shape index (κ1) is 13.0. The van der Waals surface area contributed by atoms with Gasteiger partial charge < -0.3 is 20.5 Å². The molecule has 0 saturated carbocycles. The zero-order valence-electron chi connectivity index (χ0n) is 11.1. The number of morpholine rings is 1. The van der Waals surface area contributed by atoms with Crippen LogP contribution in [-0.2, 0) is 4.74 Å². The summed E-state index contributed by atoms with van der Waals surface area (Å²) < 4.78 is 5.53. The Morgan fingerprint density at radius 3 is 2.83 bits per heavy atom. The van der Waals surface area contributed by atoms with Crippen LogP contribution in [0.1, 0.15) is 18.3 Å². The molecule has 3 N–H and O–H groups in total. The number of aliphatic hydroxyl groups excluding tert-OH is 1. The van der Waals surface area contributed by atoms with Gasteiger partial charge in [-0.3, -0.25) is 0 Å². The zero-order valence-corrected chi connectivity index (χ0v) is 11.1. The Morgan fingerprint density at radius 2 is 2.17 bits per heavy atom. The Morgan fingerprint density at radius 1 is 1.44 bits per heavy atom. The van der Waals surface area contributed by atoms with Gasteiger partial charge in [0, 0.05) is 12.1 Å². The first-order valence-electron chi connectivity index (χ1n) is 6.12. The molecule has 2 atom stereocenters. The van der Waals surface area contributed by atoms with E-state index in [9.17, 15) is 5.11 Å². The summed E-state index contributed by atoms with van der Waals surface area (Å²) in [5, 5.41) is 9.21. The highest BCUT2D eigenvalue weighted by atomic mass is 16.5. The molecule has 0 bridgehead atoms. The van der Waals surface area contributed by atoms with Gasteiger partial charge in [-0.05, 0) is 20.8 Å². The molecule has 6 nitrogen and oxygen atoms in total. The second kappa shape index (κ2) is 5.07. The van der Waals surface area contributed by atoms with Gasteiger partial charge in [0.1, 0.15) is 17.5 Å². The lowest BCUT2D eigenvalue weighted by Gasteiger charge is -2.39. The Bertz CT molecular complexity index is 438. The molecule has 0 aliphatic carbocycles. The van der Waals surface area contributed by atoms with Crippen molar-refractivity contribution in [2.45, 2.75) is 32.9 Å². The zero-order chi connectivity index (χ0) is 13.3. The largest absolute Gasteiger partial charge is 0.394 e. The standard InChI is InChI=1S/C12H20N4O2/c1-7-6-18-10(5-17)4-16(7)12-8(2)11(13)14-9(3)15-12/h7,10,17H,4-6H2,1-3H3,(H2,13,14,15). The van der Waals surface area contributed by atoms with Crippen molar-refractivity contribution in [2.24, 2.45) is 0 Å². The van der Waals surface area contributed by atoms with Gasteiger partial charge >= 0.3 is 0 Å². The van der Waals surface area contributed by atoms with Gasteiger partial charge in [0.2, 0.25) is 0 Å². The first-order valence-corrected chi connectivity index (χ1v) is 6.12. The van der Waals surface area contributed by atoms with Crippen LogP contribution in [0.2, 0.25) is 0 Å². The molecule has 0 spiro atoms. The number of anilines is 2. The topological polar surface area (TPSA) is 84.5 Å². The maximum atomic E-state index is 9.21. The van der Waals surface area contributed by atoms with E-state index in [1.54, 1.807) is 0 Å². The molecular formula is C12H20N4O2. The molecule has 1 aliphatic heterocycles. The predicted octanol–water partition coefficient (Wildman–Crippen LogP) is 0.262. The minimum absolute atomic E-state index is 0.0157. The van der Waals surface area contributed by atoms with E-state index in [-0.39, 0.29) is 18.8 Å². The smallest absolute Gasteiger partial charge is 0.137 e. The molecule has 0 aromatic carbocycles. The molecule has 100 valence electrons. The summed E-state index contributed by atoms with van der Waals surface area (Å²) in [5.41, 5.74) is 6.76. The minimum atomic E-state index is -0.169. The van der Waals surface area contributed by atoms with Crippen molar-refractivity contribution >= 4 is 11.6 Å². The molecule has 1 fully saturated rings. The number of nitrogens with two attached hydrogens (primary N) is 1. The SMILES string of the molecule is Cc1nc(N)c(C)c(N2CC(CO)OCC2C)n1. The monoisotopic (exact) mass is 252 g/mol. The third-order valence-electron chi connectivity index (χ3n) is 3.25. The molecule has 1 saturated heterocycles. The molecule has 18 heavy (non-hydrogen) atoms. The highest BCUT2D eigenvalue weighted by Crippen LogP contribution is 2.26. The van der Waals surface area contributed by atoms with Crippen LogP contribution in [0.3, 0.4) is 0 Å². The normalized spacial score (nSPS) is 24.3. The second-order valence-corrected chi connectivity index (χ2v) is 4.74. The molecule has 1 aromatic rings. The summed E-state index contributed by atoms with van der Waals surface area (Å²) in [6.45, 7) is 7.03. The lowest BCUT2D eigenvalue weighted by atomic mass is 10.1. The Labute approximate surface area is 107 Å². The lowest BCUT2D eigenvalue weighted by Crippen LogP contribution is -2.50. The van der Waals surface area contributed by atoms with Crippen LogP contribution < -0.4 is 10.6 Å². The molecule has 0 amide bonds. The van der Waals surface area contributed by atoms with Gasteiger partial charge in [-0.2, -0.15) is 0 Å². The van der Waals surface area contributed by atoms with Gasteiger partial charge in [0.05, 0.1) is 25.4 Å². The number of rotatable bonds is 2. The molecule has 2 rings (SSSR count). The van der Waals surface area contributed by atoms with E-state index in [1.807, 2.05) is 13.8 Å². The number of ether oxygens (including phenoxy) is 1. The third-order valence-corrected chi connectivity index (χ3v) is 3.25. The van der Waals surface area contributed by atoms with E-state index in [1.165, 1.54) is 0 Å². The number of nitrogens with zero attached hydrogens (tertiary/aromatic N) is 3. The van der Waals surface area contributed by atoms with Crippen molar-refractivity contribution in [1.29, 1.82) is 0 Å². The molecule has 6 heteroatoms. The molecule has 0 radical (unpaired) electrons. The van der Waals surface area contributed by atoms with Crippen LogP contribution in [-0.4, -0.2) is 47.0 Å². The quantitative estimate of drug-likeness (QED) is 0.785. The number of aryl methyl sites for hydroxylation is 1. The lowest BCUT2D eigenvalue weighted by molar-refractivity contribution is -0.0106. The average molecular weight is 252 g/mol. The Hall–Kier alpha value is -1.40. The number of hydrogen-bond acceptors (Lipinski definition) is 6. The Kier molecular flexibility index (Phi) is 3.68. The van der Waals surface area contributed by atoms with Crippen molar-refractivity contribution in [3.05, 3.63) is 11.4 Å². The number of aliphatic hydroxyl groups is 1. The predicted molar refractivity (Wildman–Crippen MR) is 69.6 cm³/mol. The second-order valence-electron chi connectivity index (χ2n) is 4.74.